The van der Waals surface area contributed by atoms with Crippen LogP contribution < -0.4 is 5.73 Å². The zero-order valence-electron chi connectivity index (χ0n) is 12.6. The first-order valence-electron chi connectivity index (χ1n) is 7.53. The predicted molar refractivity (Wildman–Crippen MR) is 88.9 cm³/mol. The summed E-state index contributed by atoms with van der Waals surface area (Å²) in [5.74, 6) is 0.238. The van der Waals surface area contributed by atoms with E-state index in [4.69, 9.17) is 5.73 Å². The van der Waals surface area contributed by atoms with Crippen molar-refractivity contribution in [1.29, 1.82) is 0 Å². The lowest BCUT2D eigenvalue weighted by Gasteiger charge is -2.28. The van der Waals surface area contributed by atoms with E-state index in [1.165, 1.54) is 5.56 Å². The fourth-order valence-corrected chi connectivity index (χ4v) is 3.15. The summed E-state index contributed by atoms with van der Waals surface area (Å²) in [6.45, 7) is 3.10. The molecule has 1 aliphatic heterocycles. The van der Waals surface area contributed by atoms with Crippen molar-refractivity contribution < 1.29 is 4.79 Å². The Morgan fingerprint density at radius 3 is 2.67 bits per heavy atom. The fraction of sp³-hybridized carbons (Fsp3) is 0.562. The average molecular weight is 354 g/mol. The molecule has 1 aliphatic rings. The summed E-state index contributed by atoms with van der Waals surface area (Å²) in [5.41, 5.74) is 7.10. The zero-order chi connectivity index (χ0) is 15.2. The van der Waals surface area contributed by atoms with Crippen LogP contribution in [0.5, 0.6) is 0 Å². The summed E-state index contributed by atoms with van der Waals surface area (Å²) in [4.78, 5) is 16.4. The summed E-state index contributed by atoms with van der Waals surface area (Å²) < 4.78 is 1.10. The number of halogens is 1. The van der Waals surface area contributed by atoms with Gasteiger partial charge in [-0.1, -0.05) is 34.1 Å². The van der Waals surface area contributed by atoms with E-state index in [0.717, 1.165) is 36.9 Å². The second-order valence-corrected chi connectivity index (χ2v) is 6.54. The van der Waals surface area contributed by atoms with Gasteiger partial charge in [0, 0.05) is 43.1 Å². The lowest BCUT2D eigenvalue weighted by atomic mass is 10.1. The summed E-state index contributed by atoms with van der Waals surface area (Å²) in [5, 5.41) is 0. The van der Waals surface area contributed by atoms with Crippen LogP contribution in [0.4, 0.5) is 0 Å². The molecule has 1 heterocycles. The standard InChI is InChI=1S/C16H24BrN3O/c1-19(12-13-6-2-3-7-15(13)17)14(11-18)10-16(21)20-8-4-5-9-20/h2-3,6-7,14H,4-5,8-12,18H2,1H3. The second kappa shape index (κ2) is 7.92. The molecule has 0 radical (unpaired) electrons. The molecule has 0 aliphatic carbocycles. The minimum absolute atomic E-state index is 0.0882. The molecular weight excluding hydrogens is 330 g/mol. The third kappa shape index (κ3) is 4.53. The Kier molecular flexibility index (Phi) is 6.21. The molecule has 2 N–H and O–H groups in total. The van der Waals surface area contributed by atoms with Gasteiger partial charge in [0.2, 0.25) is 5.91 Å². The molecule has 1 fully saturated rings. The van der Waals surface area contributed by atoms with Crippen LogP contribution in [0.1, 0.15) is 24.8 Å². The lowest BCUT2D eigenvalue weighted by Crippen LogP contribution is -2.42. The Balaban J connectivity index is 1.93. The molecule has 0 bridgehead atoms. The van der Waals surface area contributed by atoms with Crippen LogP contribution in [0.25, 0.3) is 0 Å². The summed E-state index contributed by atoms with van der Waals surface area (Å²) in [6, 6.07) is 8.25. The molecule has 5 heteroatoms. The zero-order valence-corrected chi connectivity index (χ0v) is 14.2. The Morgan fingerprint density at radius 2 is 2.05 bits per heavy atom. The predicted octanol–water partition coefficient (Wildman–Crippen LogP) is 2.22. The molecular formula is C16H24BrN3O. The van der Waals surface area contributed by atoms with Crippen molar-refractivity contribution >= 4 is 21.8 Å². The molecule has 0 spiro atoms. The molecule has 1 aromatic rings. The van der Waals surface area contributed by atoms with E-state index in [1.807, 2.05) is 30.1 Å². The van der Waals surface area contributed by atoms with Crippen molar-refractivity contribution in [3.8, 4) is 0 Å². The maximum atomic E-state index is 12.3. The molecule has 1 aromatic carbocycles. The van der Waals surface area contributed by atoms with Crippen molar-refractivity contribution in [2.24, 2.45) is 5.73 Å². The Hall–Kier alpha value is -0.910. The number of carbonyl (C=O) groups is 1. The maximum Gasteiger partial charge on any atom is 0.224 e. The Bertz CT molecular complexity index is 474. The number of likely N-dealkylation sites (N-methyl/N-ethyl adjacent to an activating group) is 1. The molecule has 1 atom stereocenters. The van der Waals surface area contributed by atoms with E-state index in [-0.39, 0.29) is 11.9 Å². The van der Waals surface area contributed by atoms with Crippen molar-refractivity contribution in [1.82, 2.24) is 9.80 Å². The highest BCUT2D eigenvalue weighted by molar-refractivity contribution is 9.10. The van der Waals surface area contributed by atoms with Gasteiger partial charge in [-0.25, -0.2) is 0 Å². The third-order valence-corrected chi connectivity index (χ3v) is 4.92. The smallest absolute Gasteiger partial charge is 0.224 e. The van der Waals surface area contributed by atoms with E-state index in [1.54, 1.807) is 0 Å². The van der Waals surface area contributed by atoms with Crippen LogP contribution in [-0.4, -0.2) is 48.4 Å². The minimum Gasteiger partial charge on any atom is -0.343 e. The van der Waals surface area contributed by atoms with E-state index in [9.17, 15) is 4.79 Å². The van der Waals surface area contributed by atoms with Crippen LogP contribution in [-0.2, 0) is 11.3 Å². The third-order valence-electron chi connectivity index (χ3n) is 4.14. The summed E-state index contributed by atoms with van der Waals surface area (Å²) in [7, 11) is 2.04. The van der Waals surface area contributed by atoms with Gasteiger partial charge >= 0.3 is 0 Å². The van der Waals surface area contributed by atoms with Crippen LogP contribution in [0, 0.1) is 0 Å². The number of amides is 1. The van der Waals surface area contributed by atoms with Crippen molar-refractivity contribution in [3.63, 3.8) is 0 Å². The molecule has 116 valence electrons. The van der Waals surface area contributed by atoms with Gasteiger partial charge in [-0.05, 0) is 31.5 Å². The number of hydrogen-bond acceptors (Lipinski definition) is 3. The highest BCUT2D eigenvalue weighted by Crippen LogP contribution is 2.19. The highest BCUT2D eigenvalue weighted by Gasteiger charge is 2.23. The molecule has 2 rings (SSSR count). The van der Waals surface area contributed by atoms with Gasteiger partial charge in [-0.3, -0.25) is 9.69 Å². The van der Waals surface area contributed by atoms with Crippen molar-refractivity contribution in [2.75, 3.05) is 26.7 Å². The van der Waals surface area contributed by atoms with Crippen LogP contribution >= 0.6 is 15.9 Å². The van der Waals surface area contributed by atoms with Gasteiger partial charge in [-0.2, -0.15) is 0 Å². The van der Waals surface area contributed by atoms with E-state index in [2.05, 4.69) is 26.9 Å². The SMILES string of the molecule is CN(Cc1ccccc1Br)C(CN)CC(=O)N1CCCC1. The second-order valence-electron chi connectivity index (χ2n) is 5.69. The lowest BCUT2D eigenvalue weighted by molar-refractivity contribution is -0.131. The number of hydrogen-bond donors (Lipinski definition) is 1. The van der Waals surface area contributed by atoms with Crippen molar-refractivity contribution in [3.05, 3.63) is 34.3 Å². The molecule has 1 saturated heterocycles. The molecule has 1 amide bonds. The molecule has 1 unspecified atom stereocenters. The fourth-order valence-electron chi connectivity index (χ4n) is 2.74. The quantitative estimate of drug-likeness (QED) is 0.852. The van der Waals surface area contributed by atoms with E-state index in [0.29, 0.717) is 13.0 Å². The van der Waals surface area contributed by atoms with Crippen molar-refractivity contribution in [2.45, 2.75) is 31.8 Å². The minimum atomic E-state index is 0.0882. The van der Waals surface area contributed by atoms with Gasteiger partial charge in [0.05, 0.1) is 0 Å². The summed E-state index contributed by atoms with van der Waals surface area (Å²) >= 11 is 3.57. The maximum absolute atomic E-state index is 12.3. The Morgan fingerprint density at radius 1 is 1.38 bits per heavy atom. The molecule has 0 aromatic heterocycles. The summed E-state index contributed by atoms with van der Waals surface area (Å²) in [6.07, 6.45) is 2.77. The van der Waals surface area contributed by atoms with E-state index < -0.39 is 0 Å². The molecule has 0 saturated carbocycles. The highest BCUT2D eigenvalue weighted by atomic mass is 79.9. The van der Waals surface area contributed by atoms with Gasteiger partial charge in [0.1, 0.15) is 0 Å². The normalized spacial score (nSPS) is 16.5. The van der Waals surface area contributed by atoms with Gasteiger partial charge in [0.25, 0.3) is 0 Å². The van der Waals surface area contributed by atoms with Crippen LogP contribution in [0.2, 0.25) is 0 Å². The number of rotatable bonds is 6. The van der Waals surface area contributed by atoms with Crippen LogP contribution in [0.3, 0.4) is 0 Å². The Labute approximate surface area is 135 Å². The topological polar surface area (TPSA) is 49.6 Å². The molecule has 21 heavy (non-hydrogen) atoms. The van der Waals surface area contributed by atoms with Gasteiger partial charge < -0.3 is 10.6 Å². The number of likely N-dealkylation sites (tertiary alicyclic amines) is 1. The first-order valence-corrected chi connectivity index (χ1v) is 8.32. The first kappa shape index (κ1) is 16.5. The monoisotopic (exact) mass is 353 g/mol. The van der Waals surface area contributed by atoms with Crippen LogP contribution in [0.15, 0.2) is 28.7 Å². The largest absolute Gasteiger partial charge is 0.343 e. The van der Waals surface area contributed by atoms with Gasteiger partial charge in [-0.15, -0.1) is 0 Å². The molecule has 4 nitrogen and oxygen atoms in total. The average Bonchev–Trinajstić information content (AvgIpc) is 3.01. The number of benzene rings is 1. The van der Waals surface area contributed by atoms with E-state index >= 15 is 0 Å². The number of nitrogens with zero attached hydrogens (tertiary/aromatic N) is 2. The number of nitrogens with two attached hydrogens (primary N) is 1. The van der Waals surface area contributed by atoms with Gasteiger partial charge in [0.15, 0.2) is 0 Å². The number of carbonyl (C=O) groups excluding carboxylic acids is 1. The first-order chi connectivity index (χ1) is 10.1.